The first-order chi connectivity index (χ1) is 12.9. The number of rotatable bonds is 5. The number of benzene rings is 1. The molecule has 8 heteroatoms. The first kappa shape index (κ1) is 20.3. The third kappa shape index (κ3) is 4.51. The molecule has 0 spiro atoms. The molecule has 0 aromatic heterocycles. The first-order valence-corrected chi connectivity index (χ1v) is 11.1. The summed E-state index contributed by atoms with van der Waals surface area (Å²) >= 11 is 0. The van der Waals surface area contributed by atoms with Gasteiger partial charge >= 0.3 is 0 Å². The molecule has 2 unspecified atom stereocenters. The van der Waals surface area contributed by atoms with Crippen molar-refractivity contribution in [3.05, 3.63) is 29.8 Å². The summed E-state index contributed by atoms with van der Waals surface area (Å²) in [6.45, 7) is 7.34. The van der Waals surface area contributed by atoms with Crippen molar-refractivity contribution in [2.75, 3.05) is 45.9 Å². The van der Waals surface area contributed by atoms with Crippen LogP contribution in [-0.4, -0.2) is 75.5 Å². The predicted molar refractivity (Wildman–Crippen MR) is 103 cm³/mol. The van der Waals surface area contributed by atoms with Crippen LogP contribution in [0.15, 0.2) is 29.2 Å². The van der Waals surface area contributed by atoms with Crippen LogP contribution in [0.2, 0.25) is 0 Å². The van der Waals surface area contributed by atoms with Gasteiger partial charge < -0.3 is 15.0 Å². The number of amides is 1. The molecule has 27 heavy (non-hydrogen) atoms. The van der Waals surface area contributed by atoms with E-state index in [1.165, 1.54) is 4.31 Å². The van der Waals surface area contributed by atoms with Gasteiger partial charge in [-0.3, -0.25) is 4.79 Å². The molecule has 0 aliphatic carbocycles. The standard InChI is InChI=1S/C19H29N3O4S/c1-3-15(2)16-4-6-17(7-5-16)27(24,25)22-11-9-21(10-12-22)19(23)18-14-26-13-8-20-18/h4-7,15,18,20H,3,8-14H2,1-2H3. The predicted octanol–water partition coefficient (Wildman–Crippen LogP) is 1.02. The molecule has 2 heterocycles. The Hall–Kier alpha value is -1.48. The highest BCUT2D eigenvalue weighted by Crippen LogP contribution is 2.23. The average Bonchev–Trinajstić information content (AvgIpc) is 2.73. The van der Waals surface area contributed by atoms with Gasteiger partial charge in [0.05, 0.1) is 18.1 Å². The lowest BCUT2D eigenvalue weighted by molar-refractivity contribution is -0.137. The number of hydrogen-bond donors (Lipinski definition) is 1. The number of hydrogen-bond acceptors (Lipinski definition) is 5. The second kappa shape index (κ2) is 8.68. The SMILES string of the molecule is CCC(C)c1ccc(S(=O)(=O)N2CCN(C(=O)C3COCCN3)CC2)cc1. The van der Waals surface area contributed by atoms with Gasteiger partial charge in [0.2, 0.25) is 15.9 Å². The molecule has 0 saturated carbocycles. The smallest absolute Gasteiger partial charge is 0.243 e. The van der Waals surface area contributed by atoms with Gasteiger partial charge in [-0.2, -0.15) is 4.31 Å². The lowest BCUT2D eigenvalue weighted by Gasteiger charge is -2.36. The van der Waals surface area contributed by atoms with Crippen LogP contribution in [0.25, 0.3) is 0 Å². The van der Waals surface area contributed by atoms with E-state index in [-0.39, 0.29) is 11.9 Å². The van der Waals surface area contributed by atoms with Crippen molar-refractivity contribution in [1.29, 1.82) is 0 Å². The second-order valence-electron chi connectivity index (χ2n) is 7.19. The molecule has 2 saturated heterocycles. The minimum Gasteiger partial charge on any atom is -0.378 e. The Morgan fingerprint density at radius 3 is 2.44 bits per heavy atom. The quantitative estimate of drug-likeness (QED) is 0.805. The molecule has 1 aromatic rings. The Bertz CT molecular complexity index is 737. The third-order valence-corrected chi connectivity index (χ3v) is 7.38. The summed E-state index contributed by atoms with van der Waals surface area (Å²) in [5, 5.41) is 3.15. The summed E-state index contributed by atoms with van der Waals surface area (Å²) in [5.41, 5.74) is 1.15. The van der Waals surface area contributed by atoms with Crippen LogP contribution in [0, 0.1) is 0 Å². The summed E-state index contributed by atoms with van der Waals surface area (Å²) in [6.07, 6.45) is 1.02. The number of morpholine rings is 1. The Morgan fingerprint density at radius 1 is 1.22 bits per heavy atom. The molecule has 2 fully saturated rings. The number of piperazine rings is 1. The molecule has 1 aromatic carbocycles. The van der Waals surface area contributed by atoms with Crippen LogP contribution in [0.5, 0.6) is 0 Å². The fraction of sp³-hybridized carbons (Fsp3) is 0.632. The highest BCUT2D eigenvalue weighted by molar-refractivity contribution is 7.89. The first-order valence-electron chi connectivity index (χ1n) is 9.63. The van der Waals surface area contributed by atoms with Crippen molar-refractivity contribution in [1.82, 2.24) is 14.5 Å². The Kier molecular flexibility index (Phi) is 6.52. The topological polar surface area (TPSA) is 79.0 Å². The maximum Gasteiger partial charge on any atom is 0.243 e. The van der Waals surface area contributed by atoms with E-state index in [1.807, 2.05) is 12.1 Å². The number of carbonyl (C=O) groups excluding carboxylic acids is 1. The van der Waals surface area contributed by atoms with Gasteiger partial charge in [-0.25, -0.2) is 8.42 Å². The maximum absolute atomic E-state index is 12.9. The number of ether oxygens (including phenoxy) is 1. The van der Waals surface area contributed by atoms with Gasteiger partial charge in [-0.1, -0.05) is 26.0 Å². The van der Waals surface area contributed by atoms with E-state index < -0.39 is 10.0 Å². The van der Waals surface area contributed by atoms with Crippen molar-refractivity contribution in [3.63, 3.8) is 0 Å². The van der Waals surface area contributed by atoms with E-state index in [4.69, 9.17) is 4.74 Å². The monoisotopic (exact) mass is 395 g/mol. The summed E-state index contributed by atoms with van der Waals surface area (Å²) in [7, 11) is -3.53. The van der Waals surface area contributed by atoms with Gasteiger partial charge in [0.15, 0.2) is 0 Å². The average molecular weight is 396 g/mol. The molecule has 7 nitrogen and oxygen atoms in total. The van der Waals surface area contributed by atoms with E-state index in [1.54, 1.807) is 17.0 Å². The highest BCUT2D eigenvalue weighted by atomic mass is 32.2. The lowest BCUT2D eigenvalue weighted by Crippen LogP contribution is -2.57. The summed E-state index contributed by atoms with van der Waals surface area (Å²) in [6, 6.07) is 6.86. The number of carbonyl (C=O) groups is 1. The number of nitrogens with zero attached hydrogens (tertiary/aromatic N) is 2. The summed E-state index contributed by atoms with van der Waals surface area (Å²) in [5.74, 6) is 0.401. The molecule has 0 bridgehead atoms. The van der Waals surface area contributed by atoms with Crippen LogP contribution in [0.4, 0.5) is 0 Å². The molecule has 150 valence electrons. The van der Waals surface area contributed by atoms with Gasteiger partial charge in [0.25, 0.3) is 0 Å². The van der Waals surface area contributed by atoms with Crippen molar-refractivity contribution < 1.29 is 17.9 Å². The minimum absolute atomic E-state index is 0.00958. The fourth-order valence-corrected chi connectivity index (χ4v) is 4.87. The lowest BCUT2D eigenvalue weighted by atomic mass is 9.99. The Balaban J connectivity index is 1.61. The highest BCUT2D eigenvalue weighted by Gasteiger charge is 2.33. The van der Waals surface area contributed by atoms with Crippen LogP contribution in [-0.2, 0) is 19.6 Å². The molecule has 2 aliphatic heterocycles. The van der Waals surface area contributed by atoms with E-state index in [9.17, 15) is 13.2 Å². The Morgan fingerprint density at radius 2 is 1.89 bits per heavy atom. The normalized spacial score (nSPS) is 23.2. The van der Waals surface area contributed by atoms with Crippen LogP contribution < -0.4 is 5.32 Å². The van der Waals surface area contributed by atoms with E-state index in [0.717, 1.165) is 12.0 Å². The van der Waals surface area contributed by atoms with E-state index in [2.05, 4.69) is 19.2 Å². The molecule has 3 rings (SSSR count). The van der Waals surface area contributed by atoms with Crippen molar-refractivity contribution in [2.45, 2.75) is 37.1 Å². The van der Waals surface area contributed by atoms with Crippen molar-refractivity contribution >= 4 is 15.9 Å². The zero-order valence-corrected chi connectivity index (χ0v) is 16.9. The van der Waals surface area contributed by atoms with E-state index >= 15 is 0 Å². The molecular formula is C19H29N3O4S. The number of nitrogens with one attached hydrogen (secondary N) is 1. The van der Waals surface area contributed by atoms with E-state index in [0.29, 0.717) is 56.8 Å². The van der Waals surface area contributed by atoms with Crippen molar-refractivity contribution in [2.24, 2.45) is 0 Å². The minimum atomic E-state index is -3.53. The summed E-state index contributed by atoms with van der Waals surface area (Å²) in [4.78, 5) is 14.6. The summed E-state index contributed by atoms with van der Waals surface area (Å²) < 4.78 is 32.6. The number of sulfonamides is 1. The van der Waals surface area contributed by atoms with Crippen LogP contribution in [0.1, 0.15) is 31.7 Å². The largest absolute Gasteiger partial charge is 0.378 e. The molecule has 1 amide bonds. The van der Waals surface area contributed by atoms with Gasteiger partial charge in [-0.05, 0) is 30.0 Å². The third-order valence-electron chi connectivity index (χ3n) is 5.47. The van der Waals surface area contributed by atoms with Gasteiger partial charge in [-0.15, -0.1) is 0 Å². The fourth-order valence-electron chi connectivity index (χ4n) is 3.45. The zero-order chi connectivity index (χ0) is 19.4. The second-order valence-corrected chi connectivity index (χ2v) is 9.13. The Labute approximate surface area is 161 Å². The maximum atomic E-state index is 12.9. The molecule has 0 radical (unpaired) electrons. The molecule has 2 aliphatic rings. The van der Waals surface area contributed by atoms with Gasteiger partial charge in [0.1, 0.15) is 6.04 Å². The van der Waals surface area contributed by atoms with Crippen LogP contribution in [0.3, 0.4) is 0 Å². The van der Waals surface area contributed by atoms with Crippen LogP contribution >= 0.6 is 0 Å². The van der Waals surface area contributed by atoms with Gasteiger partial charge in [0, 0.05) is 32.7 Å². The molecule has 1 N–H and O–H groups in total. The molecular weight excluding hydrogens is 366 g/mol. The van der Waals surface area contributed by atoms with Crippen molar-refractivity contribution in [3.8, 4) is 0 Å². The molecule has 2 atom stereocenters. The zero-order valence-electron chi connectivity index (χ0n) is 16.1.